The topological polar surface area (TPSA) is 50.9 Å². The average molecular weight is 275 g/mol. The van der Waals surface area contributed by atoms with Crippen molar-refractivity contribution in [2.24, 2.45) is 0 Å². The van der Waals surface area contributed by atoms with E-state index in [4.69, 9.17) is 0 Å². The molecule has 2 rings (SSSR count). The van der Waals surface area contributed by atoms with Crippen LogP contribution in [-0.4, -0.2) is 20.1 Å². The van der Waals surface area contributed by atoms with Crippen molar-refractivity contribution in [3.05, 3.63) is 47.0 Å². The molecule has 0 atom stereocenters. The standard InChI is InChI=1S/C15H18FN3O/c1-2-3-10-19-15(14(11-20)17-18-19)9-6-12-4-7-13(16)8-5-12/h4-9,20H,2-3,10-11H2,1H3/b9-6+. The van der Waals surface area contributed by atoms with Crippen molar-refractivity contribution in [1.29, 1.82) is 0 Å². The Kier molecular flexibility index (Phi) is 5.01. The minimum absolute atomic E-state index is 0.144. The molecule has 0 saturated carbocycles. The molecule has 0 amide bonds. The number of aliphatic hydroxyl groups excluding tert-OH is 1. The summed E-state index contributed by atoms with van der Waals surface area (Å²) in [6.45, 7) is 2.74. The Morgan fingerprint density at radius 1 is 1.25 bits per heavy atom. The second-order valence-electron chi connectivity index (χ2n) is 4.54. The Labute approximate surface area is 117 Å². The third kappa shape index (κ3) is 3.51. The number of aromatic nitrogens is 3. The van der Waals surface area contributed by atoms with Crippen molar-refractivity contribution in [2.75, 3.05) is 0 Å². The molecule has 0 bridgehead atoms. The predicted molar refractivity (Wildman–Crippen MR) is 76.2 cm³/mol. The highest BCUT2D eigenvalue weighted by atomic mass is 19.1. The molecule has 1 N–H and O–H groups in total. The summed E-state index contributed by atoms with van der Waals surface area (Å²) < 4.78 is 14.6. The number of nitrogens with zero attached hydrogens (tertiary/aromatic N) is 3. The lowest BCUT2D eigenvalue weighted by atomic mass is 10.2. The summed E-state index contributed by atoms with van der Waals surface area (Å²) in [5.41, 5.74) is 2.24. The van der Waals surface area contributed by atoms with Gasteiger partial charge >= 0.3 is 0 Å². The number of benzene rings is 1. The van der Waals surface area contributed by atoms with Gasteiger partial charge in [-0.05, 0) is 30.2 Å². The molecule has 0 aliphatic carbocycles. The van der Waals surface area contributed by atoms with Gasteiger partial charge in [0.15, 0.2) is 0 Å². The summed E-state index contributed by atoms with van der Waals surface area (Å²) >= 11 is 0. The fourth-order valence-electron chi connectivity index (χ4n) is 1.87. The van der Waals surface area contributed by atoms with Crippen LogP contribution in [0, 0.1) is 5.82 Å². The summed E-state index contributed by atoms with van der Waals surface area (Å²) in [5, 5.41) is 17.3. The van der Waals surface area contributed by atoms with Crippen LogP contribution in [0.1, 0.15) is 36.7 Å². The van der Waals surface area contributed by atoms with Crippen LogP contribution in [0.4, 0.5) is 4.39 Å². The van der Waals surface area contributed by atoms with Gasteiger partial charge in [0.05, 0.1) is 12.3 Å². The quantitative estimate of drug-likeness (QED) is 0.882. The predicted octanol–water partition coefficient (Wildman–Crippen LogP) is 2.88. The van der Waals surface area contributed by atoms with Gasteiger partial charge in [0, 0.05) is 6.54 Å². The molecule has 0 aliphatic rings. The number of aliphatic hydroxyl groups is 1. The van der Waals surface area contributed by atoms with Gasteiger partial charge in [-0.3, -0.25) is 0 Å². The minimum Gasteiger partial charge on any atom is -0.390 e. The highest BCUT2D eigenvalue weighted by molar-refractivity contribution is 5.68. The molecular weight excluding hydrogens is 257 g/mol. The van der Waals surface area contributed by atoms with Crippen molar-refractivity contribution >= 4 is 12.2 Å². The van der Waals surface area contributed by atoms with Gasteiger partial charge in [0.2, 0.25) is 0 Å². The molecule has 0 spiro atoms. The van der Waals surface area contributed by atoms with E-state index in [1.54, 1.807) is 16.8 Å². The molecule has 20 heavy (non-hydrogen) atoms. The van der Waals surface area contributed by atoms with Crippen LogP contribution in [-0.2, 0) is 13.2 Å². The molecule has 2 aromatic rings. The number of halogens is 1. The highest BCUT2D eigenvalue weighted by Gasteiger charge is 2.08. The number of aryl methyl sites for hydroxylation is 1. The van der Waals surface area contributed by atoms with Crippen LogP contribution in [0.15, 0.2) is 24.3 Å². The summed E-state index contributed by atoms with van der Waals surface area (Å²) in [6.07, 6.45) is 5.79. The maximum Gasteiger partial charge on any atom is 0.123 e. The van der Waals surface area contributed by atoms with Gasteiger partial charge in [-0.1, -0.05) is 36.8 Å². The third-order valence-electron chi connectivity index (χ3n) is 3.02. The van der Waals surface area contributed by atoms with Gasteiger partial charge in [0.1, 0.15) is 11.5 Å². The van der Waals surface area contributed by atoms with Gasteiger partial charge in [-0.2, -0.15) is 0 Å². The molecule has 1 aromatic carbocycles. The van der Waals surface area contributed by atoms with Gasteiger partial charge in [-0.15, -0.1) is 5.10 Å². The molecule has 4 nitrogen and oxygen atoms in total. The van der Waals surface area contributed by atoms with Crippen LogP contribution in [0.25, 0.3) is 12.2 Å². The largest absolute Gasteiger partial charge is 0.390 e. The SMILES string of the molecule is CCCCn1nnc(CO)c1/C=C/c1ccc(F)cc1. The summed E-state index contributed by atoms with van der Waals surface area (Å²) in [6, 6.07) is 6.23. The normalized spacial score (nSPS) is 11.3. The molecule has 106 valence electrons. The van der Waals surface area contributed by atoms with Crippen LogP contribution in [0.2, 0.25) is 0 Å². The average Bonchev–Trinajstić information content (AvgIpc) is 2.86. The number of hydrogen-bond acceptors (Lipinski definition) is 3. The van der Waals surface area contributed by atoms with E-state index in [9.17, 15) is 9.50 Å². The van der Waals surface area contributed by atoms with Crippen molar-refractivity contribution < 1.29 is 9.50 Å². The third-order valence-corrected chi connectivity index (χ3v) is 3.02. The second kappa shape index (κ2) is 6.96. The monoisotopic (exact) mass is 275 g/mol. The summed E-state index contributed by atoms with van der Waals surface area (Å²) in [4.78, 5) is 0. The summed E-state index contributed by atoms with van der Waals surface area (Å²) in [5.74, 6) is -0.257. The molecule has 0 radical (unpaired) electrons. The van der Waals surface area contributed by atoms with E-state index >= 15 is 0 Å². The molecule has 0 aliphatic heterocycles. The van der Waals surface area contributed by atoms with Crippen LogP contribution < -0.4 is 0 Å². The first kappa shape index (κ1) is 14.4. The van der Waals surface area contributed by atoms with Gasteiger partial charge < -0.3 is 5.11 Å². The number of hydrogen-bond donors (Lipinski definition) is 1. The van der Waals surface area contributed by atoms with Gasteiger partial charge in [-0.25, -0.2) is 9.07 Å². The Bertz CT molecular complexity index is 575. The summed E-state index contributed by atoms with van der Waals surface area (Å²) in [7, 11) is 0. The first-order chi connectivity index (χ1) is 9.74. The first-order valence-corrected chi connectivity index (χ1v) is 6.71. The second-order valence-corrected chi connectivity index (χ2v) is 4.54. The van der Waals surface area contributed by atoms with E-state index in [2.05, 4.69) is 17.2 Å². The van der Waals surface area contributed by atoms with Crippen molar-refractivity contribution in [3.63, 3.8) is 0 Å². The zero-order valence-electron chi connectivity index (χ0n) is 11.5. The maximum absolute atomic E-state index is 12.8. The lowest BCUT2D eigenvalue weighted by Gasteiger charge is -2.02. The molecule has 1 aromatic heterocycles. The Morgan fingerprint density at radius 3 is 2.65 bits per heavy atom. The number of rotatable bonds is 6. The Balaban J connectivity index is 2.22. The van der Waals surface area contributed by atoms with Crippen LogP contribution in [0.3, 0.4) is 0 Å². The lowest BCUT2D eigenvalue weighted by molar-refractivity contribution is 0.276. The van der Waals surface area contributed by atoms with E-state index in [-0.39, 0.29) is 12.4 Å². The van der Waals surface area contributed by atoms with Crippen molar-refractivity contribution in [3.8, 4) is 0 Å². The van der Waals surface area contributed by atoms with E-state index in [0.717, 1.165) is 30.6 Å². The van der Waals surface area contributed by atoms with E-state index < -0.39 is 0 Å². The van der Waals surface area contributed by atoms with E-state index in [1.807, 2.05) is 12.2 Å². The first-order valence-electron chi connectivity index (χ1n) is 6.71. The minimum atomic E-state index is -0.257. The van der Waals surface area contributed by atoms with E-state index in [0.29, 0.717) is 5.69 Å². The molecule has 1 heterocycles. The van der Waals surface area contributed by atoms with Crippen molar-refractivity contribution in [1.82, 2.24) is 15.0 Å². The fourth-order valence-corrected chi connectivity index (χ4v) is 1.87. The fraction of sp³-hybridized carbons (Fsp3) is 0.333. The molecule has 0 fully saturated rings. The molecule has 5 heteroatoms. The highest BCUT2D eigenvalue weighted by Crippen LogP contribution is 2.13. The molecule has 0 saturated heterocycles. The van der Waals surface area contributed by atoms with Crippen LogP contribution >= 0.6 is 0 Å². The Morgan fingerprint density at radius 2 is 2.00 bits per heavy atom. The van der Waals surface area contributed by atoms with Crippen LogP contribution in [0.5, 0.6) is 0 Å². The smallest absolute Gasteiger partial charge is 0.123 e. The van der Waals surface area contributed by atoms with Crippen molar-refractivity contribution in [2.45, 2.75) is 32.9 Å². The zero-order valence-corrected chi connectivity index (χ0v) is 11.5. The van der Waals surface area contributed by atoms with E-state index in [1.165, 1.54) is 12.1 Å². The lowest BCUT2D eigenvalue weighted by Crippen LogP contribution is -2.03. The zero-order chi connectivity index (χ0) is 14.4. The van der Waals surface area contributed by atoms with Gasteiger partial charge in [0.25, 0.3) is 0 Å². The molecular formula is C15H18FN3O. The Hall–Kier alpha value is -2.01. The molecule has 0 unspecified atom stereocenters. The maximum atomic E-state index is 12.8. The number of unbranched alkanes of at least 4 members (excludes halogenated alkanes) is 1.